The normalized spacial score (nSPS) is 19.5. The number of ether oxygens (including phenoxy) is 2. The topological polar surface area (TPSA) is 57.5 Å². The van der Waals surface area contributed by atoms with E-state index in [1.807, 2.05) is 12.1 Å². The second kappa shape index (κ2) is 7.85. The summed E-state index contributed by atoms with van der Waals surface area (Å²) in [6.07, 6.45) is 0.267. The Kier molecular flexibility index (Phi) is 5.81. The van der Waals surface area contributed by atoms with Gasteiger partial charge in [0, 0.05) is 26.2 Å². The third-order valence-corrected chi connectivity index (χ3v) is 3.24. The minimum absolute atomic E-state index is 0.267. The van der Waals surface area contributed by atoms with Crippen molar-refractivity contribution < 1.29 is 9.47 Å². The fourth-order valence-electron chi connectivity index (χ4n) is 2.12. The van der Waals surface area contributed by atoms with Crippen LogP contribution in [0.5, 0.6) is 5.75 Å². The summed E-state index contributed by atoms with van der Waals surface area (Å²) in [6.45, 7) is 5.03. The SMILES string of the molecule is CN1CCO[C@@H](CNCCOc2ccc(C#N)cc2)C1. The van der Waals surface area contributed by atoms with Crippen LogP contribution in [0.15, 0.2) is 24.3 Å². The van der Waals surface area contributed by atoms with Crippen molar-refractivity contribution >= 4 is 0 Å². The molecule has 1 fully saturated rings. The first-order chi connectivity index (χ1) is 9.78. The van der Waals surface area contributed by atoms with E-state index < -0.39 is 0 Å². The molecule has 1 N–H and O–H groups in total. The summed E-state index contributed by atoms with van der Waals surface area (Å²) < 4.78 is 11.3. The quantitative estimate of drug-likeness (QED) is 0.780. The number of likely N-dealkylation sites (N-methyl/N-ethyl adjacent to an activating group) is 1. The summed E-state index contributed by atoms with van der Waals surface area (Å²) in [5.41, 5.74) is 0.647. The van der Waals surface area contributed by atoms with Crippen molar-refractivity contribution in [2.24, 2.45) is 0 Å². The van der Waals surface area contributed by atoms with E-state index in [9.17, 15) is 0 Å². The highest BCUT2D eigenvalue weighted by Gasteiger charge is 2.16. The lowest BCUT2D eigenvalue weighted by Gasteiger charge is -2.30. The first-order valence-corrected chi connectivity index (χ1v) is 6.92. The Bertz CT molecular complexity index is 441. The molecular formula is C15H21N3O2. The van der Waals surface area contributed by atoms with E-state index in [0.29, 0.717) is 12.2 Å². The average molecular weight is 275 g/mol. The van der Waals surface area contributed by atoms with Gasteiger partial charge in [-0.1, -0.05) is 0 Å². The van der Waals surface area contributed by atoms with Crippen molar-refractivity contribution in [1.82, 2.24) is 10.2 Å². The molecule has 2 rings (SSSR count). The Hall–Kier alpha value is -1.61. The largest absolute Gasteiger partial charge is 0.492 e. The van der Waals surface area contributed by atoms with Crippen LogP contribution in [0.2, 0.25) is 0 Å². The van der Waals surface area contributed by atoms with Gasteiger partial charge in [-0.25, -0.2) is 0 Å². The number of nitrogens with one attached hydrogen (secondary N) is 1. The lowest BCUT2D eigenvalue weighted by molar-refractivity contribution is -0.0182. The molecule has 1 aliphatic rings. The second-order valence-corrected chi connectivity index (χ2v) is 4.94. The molecular weight excluding hydrogens is 254 g/mol. The summed E-state index contributed by atoms with van der Waals surface area (Å²) in [5.74, 6) is 0.791. The predicted octanol–water partition coefficient (Wildman–Crippen LogP) is 0.857. The number of nitriles is 1. The molecule has 0 aliphatic carbocycles. The summed E-state index contributed by atoms with van der Waals surface area (Å²) in [5, 5.41) is 12.0. The monoisotopic (exact) mass is 275 g/mol. The van der Waals surface area contributed by atoms with Crippen LogP contribution in [0.25, 0.3) is 0 Å². The van der Waals surface area contributed by atoms with Crippen molar-refractivity contribution in [2.75, 3.05) is 46.4 Å². The van der Waals surface area contributed by atoms with E-state index in [1.165, 1.54) is 0 Å². The van der Waals surface area contributed by atoms with Crippen LogP contribution < -0.4 is 10.1 Å². The number of morpholine rings is 1. The molecule has 1 aromatic rings. The van der Waals surface area contributed by atoms with Crippen molar-refractivity contribution in [3.8, 4) is 11.8 Å². The van der Waals surface area contributed by atoms with E-state index in [-0.39, 0.29) is 6.10 Å². The molecule has 5 nitrogen and oxygen atoms in total. The Morgan fingerprint density at radius 3 is 2.95 bits per heavy atom. The zero-order chi connectivity index (χ0) is 14.2. The highest BCUT2D eigenvalue weighted by molar-refractivity contribution is 5.34. The standard InChI is InChI=1S/C15H21N3O2/c1-18-7-9-20-15(12-18)11-17-6-8-19-14-4-2-13(10-16)3-5-14/h2-5,15,17H,6-9,11-12H2,1H3/t15-/m0/s1. The van der Waals surface area contributed by atoms with Gasteiger partial charge in [0.2, 0.25) is 0 Å². The minimum Gasteiger partial charge on any atom is -0.492 e. The Labute approximate surface area is 120 Å². The highest BCUT2D eigenvalue weighted by atomic mass is 16.5. The highest BCUT2D eigenvalue weighted by Crippen LogP contribution is 2.11. The molecule has 20 heavy (non-hydrogen) atoms. The van der Waals surface area contributed by atoms with Crippen LogP contribution in [0.1, 0.15) is 5.56 Å². The molecule has 1 heterocycles. The molecule has 1 aliphatic heterocycles. The molecule has 1 saturated heterocycles. The van der Waals surface area contributed by atoms with Crippen LogP contribution in [-0.2, 0) is 4.74 Å². The van der Waals surface area contributed by atoms with E-state index in [1.54, 1.807) is 12.1 Å². The zero-order valence-corrected chi connectivity index (χ0v) is 11.8. The summed E-state index contributed by atoms with van der Waals surface area (Å²) in [4.78, 5) is 2.28. The molecule has 108 valence electrons. The van der Waals surface area contributed by atoms with Gasteiger partial charge in [-0.2, -0.15) is 5.26 Å². The smallest absolute Gasteiger partial charge is 0.119 e. The van der Waals surface area contributed by atoms with Gasteiger partial charge in [0.25, 0.3) is 0 Å². The molecule has 0 amide bonds. The van der Waals surface area contributed by atoms with Crippen molar-refractivity contribution in [2.45, 2.75) is 6.10 Å². The second-order valence-electron chi connectivity index (χ2n) is 4.94. The van der Waals surface area contributed by atoms with Crippen molar-refractivity contribution in [3.63, 3.8) is 0 Å². The fraction of sp³-hybridized carbons (Fsp3) is 0.533. The van der Waals surface area contributed by atoms with Crippen LogP contribution >= 0.6 is 0 Å². The Morgan fingerprint density at radius 2 is 2.25 bits per heavy atom. The lowest BCUT2D eigenvalue weighted by Crippen LogP contribution is -2.45. The molecule has 0 spiro atoms. The molecule has 1 atom stereocenters. The summed E-state index contributed by atoms with van der Waals surface area (Å²) in [6, 6.07) is 9.24. The van der Waals surface area contributed by atoms with Gasteiger partial charge in [-0.15, -0.1) is 0 Å². The van der Waals surface area contributed by atoms with E-state index in [2.05, 4.69) is 23.3 Å². The number of benzene rings is 1. The third kappa shape index (κ3) is 4.82. The van der Waals surface area contributed by atoms with Crippen LogP contribution in [0.3, 0.4) is 0 Å². The Balaban J connectivity index is 1.58. The van der Waals surface area contributed by atoms with E-state index in [4.69, 9.17) is 14.7 Å². The van der Waals surface area contributed by atoms with Gasteiger partial charge in [-0.3, -0.25) is 0 Å². The average Bonchev–Trinajstić information content (AvgIpc) is 2.48. The fourth-order valence-corrected chi connectivity index (χ4v) is 2.12. The van der Waals surface area contributed by atoms with Crippen molar-refractivity contribution in [1.29, 1.82) is 5.26 Å². The zero-order valence-electron chi connectivity index (χ0n) is 11.8. The summed E-state index contributed by atoms with van der Waals surface area (Å²) >= 11 is 0. The predicted molar refractivity (Wildman–Crippen MR) is 76.8 cm³/mol. The van der Waals surface area contributed by atoms with Gasteiger partial charge in [0.1, 0.15) is 12.4 Å². The maximum atomic E-state index is 8.70. The number of hydrogen-bond donors (Lipinski definition) is 1. The van der Waals surface area contributed by atoms with Crippen LogP contribution in [0, 0.1) is 11.3 Å². The minimum atomic E-state index is 0.267. The third-order valence-electron chi connectivity index (χ3n) is 3.24. The first-order valence-electron chi connectivity index (χ1n) is 6.92. The molecule has 0 saturated carbocycles. The molecule has 0 aromatic heterocycles. The van der Waals surface area contributed by atoms with Gasteiger partial charge in [-0.05, 0) is 31.3 Å². The summed E-state index contributed by atoms with van der Waals surface area (Å²) in [7, 11) is 2.11. The van der Waals surface area contributed by atoms with Gasteiger partial charge in [0.15, 0.2) is 0 Å². The molecule has 0 bridgehead atoms. The molecule has 5 heteroatoms. The Morgan fingerprint density at radius 1 is 1.45 bits per heavy atom. The van der Waals surface area contributed by atoms with Gasteiger partial charge in [0.05, 0.1) is 24.3 Å². The van der Waals surface area contributed by atoms with E-state index in [0.717, 1.165) is 38.5 Å². The maximum Gasteiger partial charge on any atom is 0.119 e. The van der Waals surface area contributed by atoms with Gasteiger partial charge < -0.3 is 19.7 Å². The van der Waals surface area contributed by atoms with E-state index >= 15 is 0 Å². The van der Waals surface area contributed by atoms with Crippen LogP contribution in [-0.4, -0.2) is 57.4 Å². The first kappa shape index (κ1) is 14.8. The number of hydrogen-bond acceptors (Lipinski definition) is 5. The maximum absolute atomic E-state index is 8.70. The number of nitrogens with zero attached hydrogens (tertiary/aromatic N) is 2. The van der Waals surface area contributed by atoms with Gasteiger partial charge >= 0.3 is 0 Å². The molecule has 1 aromatic carbocycles. The number of rotatable bonds is 6. The molecule has 0 unspecified atom stereocenters. The van der Waals surface area contributed by atoms with Crippen LogP contribution in [0.4, 0.5) is 0 Å². The molecule has 0 radical (unpaired) electrons. The van der Waals surface area contributed by atoms with Crippen molar-refractivity contribution in [3.05, 3.63) is 29.8 Å². The lowest BCUT2D eigenvalue weighted by atomic mass is 10.2.